The molecule has 1 saturated carbocycles. The Bertz CT molecular complexity index is 653. The number of hydrogen-bond acceptors (Lipinski definition) is 4. The third-order valence-electron chi connectivity index (χ3n) is 3.53. The second-order valence-corrected chi connectivity index (χ2v) is 8.87. The Morgan fingerprint density at radius 1 is 1.00 bits per heavy atom. The molecule has 2 N–H and O–H groups in total. The molecule has 0 unspecified atom stereocenters. The van der Waals surface area contributed by atoms with Gasteiger partial charge in [0.1, 0.15) is 0 Å². The van der Waals surface area contributed by atoms with Crippen LogP contribution in [0.1, 0.15) is 19.3 Å². The van der Waals surface area contributed by atoms with E-state index in [0.29, 0.717) is 12.5 Å². The van der Waals surface area contributed by atoms with E-state index in [2.05, 4.69) is 9.44 Å². The van der Waals surface area contributed by atoms with Gasteiger partial charge in [0.2, 0.25) is 20.0 Å². The third kappa shape index (κ3) is 5.06. The van der Waals surface area contributed by atoms with Crippen LogP contribution >= 0.6 is 0 Å². The summed E-state index contributed by atoms with van der Waals surface area (Å²) in [6, 6.07) is 7.88. The van der Waals surface area contributed by atoms with Crippen LogP contribution in [0.5, 0.6) is 0 Å². The van der Waals surface area contributed by atoms with E-state index in [1.807, 2.05) is 0 Å². The summed E-state index contributed by atoms with van der Waals surface area (Å²) < 4.78 is 52.2. The Balaban J connectivity index is 1.80. The summed E-state index contributed by atoms with van der Waals surface area (Å²) in [4.78, 5) is 0.129. The highest BCUT2D eigenvalue weighted by Gasteiger charge is 2.20. The zero-order valence-electron chi connectivity index (χ0n) is 11.7. The molecule has 0 saturated heterocycles. The van der Waals surface area contributed by atoms with Crippen LogP contribution in [0, 0.1) is 5.92 Å². The van der Waals surface area contributed by atoms with Crippen molar-refractivity contribution in [3.8, 4) is 0 Å². The van der Waals surface area contributed by atoms with Crippen molar-refractivity contribution < 1.29 is 16.8 Å². The van der Waals surface area contributed by atoms with E-state index in [1.54, 1.807) is 18.2 Å². The molecule has 1 aliphatic carbocycles. The normalized spacial score (nSPS) is 16.6. The molecule has 0 atom stereocenters. The SMILES string of the molecule is O=S(=O)(CCNS(=O)(=O)c1ccccc1)NCC1CCC1. The molecule has 2 rings (SSSR count). The van der Waals surface area contributed by atoms with Gasteiger partial charge in [0.25, 0.3) is 0 Å². The minimum absolute atomic E-state index is 0.129. The number of nitrogens with one attached hydrogen (secondary N) is 2. The molecule has 8 heteroatoms. The second kappa shape index (κ2) is 6.87. The molecular formula is C13H20N2O4S2. The molecule has 0 aliphatic heterocycles. The Morgan fingerprint density at radius 2 is 1.67 bits per heavy atom. The van der Waals surface area contributed by atoms with Gasteiger partial charge in [0.15, 0.2) is 0 Å². The molecule has 21 heavy (non-hydrogen) atoms. The lowest BCUT2D eigenvalue weighted by Crippen LogP contribution is -2.37. The van der Waals surface area contributed by atoms with Crippen molar-refractivity contribution in [3.63, 3.8) is 0 Å². The quantitative estimate of drug-likeness (QED) is 0.732. The van der Waals surface area contributed by atoms with Crippen LogP contribution in [-0.4, -0.2) is 35.7 Å². The fourth-order valence-electron chi connectivity index (χ4n) is 2.01. The lowest BCUT2D eigenvalue weighted by Gasteiger charge is -2.25. The van der Waals surface area contributed by atoms with E-state index in [0.717, 1.165) is 19.3 Å². The summed E-state index contributed by atoms with van der Waals surface area (Å²) >= 11 is 0. The summed E-state index contributed by atoms with van der Waals surface area (Å²) in [5.74, 6) is 0.173. The number of hydrogen-bond donors (Lipinski definition) is 2. The van der Waals surface area contributed by atoms with Gasteiger partial charge in [-0.3, -0.25) is 0 Å². The lowest BCUT2D eigenvalue weighted by atomic mass is 9.86. The van der Waals surface area contributed by atoms with Crippen LogP contribution in [0.2, 0.25) is 0 Å². The van der Waals surface area contributed by atoms with Gasteiger partial charge < -0.3 is 0 Å². The van der Waals surface area contributed by atoms with Gasteiger partial charge in [-0.15, -0.1) is 0 Å². The zero-order chi connectivity index (χ0) is 15.3. The van der Waals surface area contributed by atoms with Gasteiger partial charge in [-0.2, -0.15) is 0 Å². The summed E-state index contributed by atoms with van der Waals surface area (Å²) in [7, 11) is -7.08. The third-order valence-corrected chi connectivity index (χ3v) is 6.36. The predicted molar refractivity (Wildman–Crippen MR) is 80.8 cm³/mol. The van der Waals surface area contributed by atoms with Crippen molar-refractivity contribution in [1.82, 2.24) is 9.44 Å². The molecule has 0 heterocycles. The monoisotopic (exact) mass is 332 g/mol. The summed E-state index contributed by atoms with van der Waals surface area (Å²) in [6.45, 7) is 0.311. The predicted octanol–water partition coefficient (Wildman–Crippen LogP) is 0.684. The summed E-state index contributed by atoms with van der Waals surface area (Å²) in [5, 5.41) is 0. The molecule has 0 amide bonds. The molecular weight excluding hydrogens is 312 g/mol. The Morgan fingerprint density at radius 3 is 2.24 bits per heavy atom. The topological polar surface area (TPSA) is 92.3 Å². The standard InChI is InChI=1S/C13H20N2O4S2/c16-20(17,15-11-12-5-4-6-12)10-9-14-21(18,19)13-7-2-1-3-8-13/h1-3,7-8,12,14-15H,4-6,9-11H2. The maximum Gasteiger partial charge on any atom is 0.240 e. The molecule has 0 spiro atoms. The number of rotatable bonds is 8. The first kappa shape index (κ1) is 16.4. The zero-order valence-corrected chi connectivity index (χ0v) is 13.3. The summed E-state index contributed by atoms with van der Waals surface area (Å²) in [6.07, 6.45) is 3.27. The van der Waals surface area contributed by atoms with Crippen LogP contribution < -0.4 is 9.44 Å². The lowest BCUT2D eigenvalue weighted by molar-refractivity contribution is 0.316. The summed E-state index contributed by atoms with van der Waals surface area (Å²) in [5.41, 5.74) is 0. The number of benzene rings is 1. The van der Waals surface area contributed by atoms with E-state index in [9.17, 15) is 16.8 Å². The fourth-order valence-corrected chi connectivity index (χ4v) is 4.19. The number of sulfonamides is 2. The van der Waals surface area contributed by atoms with E-state index < -0.39 is 20.0 Å². The smallest absolute Gasteiger partial charge is 0.215 e. The van der Waals surface area contributed by atoms with Gasteiger partial charge in [-0.1, -0.05) is 24.6 Å². The van der Waals surface area contributed by atoms with Crippen LogP contribution in [0.4, 0.5) is 0 Å². The maximum atomic E-state index is 11.9. The van der Waals surface area contributed by atoms with Gasteiger partial charge >= 0.3 is 0 Å². The fraction of sp³-hybridized carbons (Fsp3) is 0.538. The molecule has 118 valence electrons. The van der Waals surface area contributed by atoms with Crippen molar-refractivity contribution >= 4 is 20.0 Å². The van der Waals surface area contributed by atoms with Crippen LogP contribution in [-0.2, 0) is 20.0 Å². The van der Waals surface area contributed by atoms with Crippen molar-refractivity contribution in [2.24, 2.45) is 5.92 Å². The minimum atomic E-state index is -3.65. The Labute approximate surface area is 126 Å². The first-order valence-corrected chi connectivity index (χ1v) is 10.0. The molecule has 0 radical (unpaired) electrons. The first-order chi connectivity index (χ1) is 9.89. The maximum absolute atomic E-state index is 11.9. The van der Waals surface area contributed by atoms with E-state index in [-0.39, 0.29) is 17.2 Å². The molecule has 1 aromatic rings. The molecule has 1 aliphatic rings. The molecule has 0 bridgehead atoms. The van der Waals surface area contributed by atoms with Crippen molar-refractivity contribution in [1.29, 1.82) is 0 Å². The molecule has 0 aromatic heterocycles. The first-order valence-electron chi connectivity index (χ1n) is 6.91. The van der Waals surface area contributed by atoms with Crippen molar-refractivity contribution in [2.75, 3.05) is 18.8 Å². The average molecular weight is 332 g/mol. The largest absolute Gasteiger partial charge is 0.240 e. The van der Waals surface area contributed by atoms with Gasteiger partial charge in [-0.05, 0) is 30.9 Å². The Kier molecular flexibility index (Phi) is 5.37. The average Bonchev–Trinajstić information content (AvgIpc) is 2.37. The van der Waals surface area contributed by atoms with Crippen LogP contribution in [0.3, 0.4) is 0 Å². The van der Waals surface area contributed by atoms with Gasteiger partial charge in [0, 0.05) is 13.1 Å². The minimum Gasteiger partial charge on any atom is -0.215 e. The highest BCUT2D eigenvalue weighted by atomic mass is 32.2. The van der Waals surface area contributed by atoms with Crippen molar-refractivity contribution in [2.45, 2.75) is 24.2 Å². The van der Waals surface area contributed by atoms with E-state index in [1.165, 1.54) is 12.1 Å². The molecule has 1 aromatic carbocycles. The molecule has 1 fully saturated rings. The Hall–Kier alpha value is -0.960. The highest BCUT2D eigenvalue weighted by molar-refractivity contribution is 7.90. The van der Waals surface area contributed by atoms with Gasteiger partial charge in [0.05, 0.1) is 10.6 Å². The second-order valence-electron chi connectivity index (χ2n) is 5.18. The van der Waals surface area contributed by atoms with Crippen molar-refractivity contribution in [3.05, 3.63) is 30.3 Å². The molecule has 6 nitrogen and oxygen atoms in total. The van der Waals surface area contributed by atoms with Crippen LogP contribution in [0.25, 0.3) is 0 Å². The van der Waals surface area contributed by atoms with Crippen LogP contribution in [0.15, 0.2) is 35.2 Å². The van der Waals surface area contributed by atoms with E-state index >= 15 is 0 Å². The van der Waals surface area contributed by atoms with Gasteiger partial charge in [-0.25, -0.2) is 26.3 Å². The highest BCUT2D eigenvalue weighted by Crippen LogP contribution is 2.25. The van der Waals surface area contributed by atoms with E-state index in [4.69, 9.17) is 0 Å².